The SMILES string of the molecule is CC(c1cccc(NC(=O)c2ccccc2)c1)N(C)C(=O)c1cc2ccccc2c(=O)[nH]1. The van der Waals surface area contributed by atoms with Gasteiger partial charge in [0, 0.05) is 23.7 Å². The average molecular weight is 425 g/mol. The van der Waals surface area contributed by atoms with Gasteiger partial charge in [-0.05, 0) is 54.3 Å². The Kier molecular flexibility index (Phi) is 5.85. The summed E-state index contributed by atoms with van der Waals surface area (Å²) in [5, 5.41) is 4.15. The first-order chi connectivity index (χ1) is 15.4. The zero-order valence-corrected chi connectivity index (χ0v) is 17.8. The molecule has 0 aliphatic rings. The Bertz CT molecular complexity index is 1350. The number of amides is 2. The maximum absolute atomic E-state index is 13.1. The molecule has 0 aliphatic carbocycles. The highest BCUT2D eigenvalue weighted by molar-refractivity contribution is 6.04. The molecule has 6 heteroatoms. The minimum atomic E-state index is -0.293. The van der Waals surface area contributed by atoms with E-state index in [2.05, 4.69) is 10.3 Å². The Morgan fingerprint density at radius 2 is 1.62 bits per heavy atom. The van der Waals surface area contributed by atoms with E-state index < -0.39 is 0 Å². The molecule has 0 fully saturated rings. The van der Waals surface area contributed by atoms with Crippen molar-refractivity contribution in [2.24, 2.45) is 0 Å². The topological polar surface area (TPSA) is 82.3 Å². The largest absolute Gasteiger partial charge is 0.334 e. The first-order valence-corrected chi connectivity index (χ1v) is 10.3. The van der Waals surface area contributed by atoms with Gasteiger partial charge >= 0.3 is 0 Å². The number of carbonyl (C=O) groups excluding carboxylic acids is 2. The van der Waals surface area contributed by atoms with Crippen LogP contribution in [0.25, 0.3) is 10.8 Å². The number of aromatic amines is 1. The fraction of sp³-hybridized carbons (Fsp3) is 0.115. The van der Waals surface area contributed by atoms with Gasteiger partial charge in [-0.2, -0.15) is 0 Å². The van der Waals surface area contributed by atoms with Gasteiger partial charge in [-0.15, -0.1) is 0 Å². The Morgan fingerprint density at radius 3 is 2.41 bits per heavy atom. The number of H-pyrrole nitrogens is 1. The molecular weight excluding hydrogens is 402 g/mol. The molecule has 3 aromatic carbocycles. The van der Waals surface area contributed by atoms with Gasteiger partial charge in [0.2, 0.25) is 0 Å². The summed E-state index contributed by atoms with van der Waals surface area (Å²) in [5.41, 5.74) is 2.01. The Hall–Kier alpha value is -4.19. The van der Waals surface area contributed by atoms with E-state index in [9.17, 15) is 14.4 Å². The van der Waals surface area contributed by atoms with Crippen molar-refractivity contribution in [3.05, 3.63) is 112 Å². The maximum atomic E-state index is 13.1. The fourth-order valence-corrected chi connectivity index (χ4v) is 3.58. The number of nitrogens with zero attached hydrogens (tertiary/aromatic N) is 1. The lowest BCUT2D eigenvalue weighted by Crippen LogP contribution is -2.31. The van der Waals surface area contributed by atoms with E-state index in [0.29, 0.717) is 22.0 Å². The van der Waals surface area contributed by atoms with Crippen LogP contribution in [0.2, 0.25) is 0 Å². The van der Waals surface area contributed by atoms with Gasteiger partial charge < -0.3 is 15.2 Å². The number of benzene rings is 3. The molecule has 0 saturated carbocycles. The first kappa shape index (κ1) is 21.1. The summed E-state index contributed by atoms with van der Waals surface area (Å²) in [4.78, 5) is 42.2. The summed E-state index contributed by atoms with van der Waals surface area (Å²) < 4.78 is 0. The molecule has 32 heavy (non-hydrogen) atoms. The van der Waals surface area contributed by atoms with Gasteiger partial charge in [-0.1, -0.05) is 48.5 Å². The van der Waals surface area contributed by atoms with Gasteiger partial charge in [0.25, 0.3) is 17.4 Å². The predicted octanol–water partition coefficient (Wildman–Crippen LogP) is 4.61. The highest BCUT2D eigenvalue weighted by Gasteiger charge is 2.21. The van der Waals surface area contributed by atoms with Crippen LogP contribution in [0.4, 0.5) is 5.69 Å². The molecule has 2 N–H and O–H groups in total. The van der Waals surface area contributed by atoms with Crippen LogP contribution in [0.3, 0.4) is 0 Å². The van der Waals surface area contributed by atoms with E-state index in [4.69, 9.17) is 0 Å². The number of pyridine rings is 1. The van der Waals surface area contributed by atoms with Crippen molar-refractivity contribution in [2.45, 2.75) is 13.0 Å². The third-order valence-corrected chi connectivity index (χ3v) is 5.55. The van der Waals surface area contributed by atoms with Gasteiger partial charge in [0.1, 0.15) is 5.69 Å². The highest BCUT2D eigenvalue weighted by atomic mass is 16.2. The lowest BCUT2D eigenvalue weighted by molar-refractivity contribution is 0.0736. The maximum Gasteiger partial charge on any atom is 0.270 e. The average Bonchev–Trinajstić information content (AvgIpc) is 2.83. The molecular formula is C26H23N3O3. The van der Waals surface area contributed by atoms with Crippen LogP contribution in [-0.4, -0.2) is 28.7 Å². The van der Waals surface area contributed by atoms with Gasteiger partial charge in [-0.25, -0.2) is 0 Å². The Morgan fingerprint density at radius 1 is 0.906 bits per heavy atom. The molecule has 6 nitrogen and oxygen atoms in total. The summed E-state index contributed by atoms with van der Waals surface area (Å²) in [6.45, 7) is 1.90. The molecule has 1 atom stereocenters. The first-order valence-electron chi connectivity index (χ1n) is 10.3. The lowest BCUT2D eigenvalue weighted by atomic mass is 10.1. The number of carbonyl (C=O) groups is 2. The summed E-state index contributed by atoms with van der Waals surface area (Å²) in [5.74, 6) is -0.493. The van der Waals surface area contributed by atoms with Crippen LogP contribution >= 0.6 is 0 Å². The predicted molar refractivity (Wildman–Crippen MR) is 126 cm³/mol. The third kappa shape index (κ3) is 4.30. The van der Waals surface area contributed by atoms with Gasteiger partial charge in [-0.3, -0.25) is 14.4 Å². The smallest absolute Gasteiger partial charge is 0.270 e. The number of anilines is 1. The number of hydrogen-bond acceptors (Lipinski definition) is 3. The zero-order chi connectivity index (χ0) is 22.7. The molecule has 4 aromatic rings. The van der Waals surface area contributed by atoms with Crippen molar-refractivity contribution in [1.82, 2.24) is 9.88 Å². The number of fused-ring (bicyclic) bond motifs is 1. The molecule has 160 valence electrons. The molecule has 0 radical (unpaired) electrons. The molecule has 0 aliphatic heterocycles. The molecule has 1 aromatic heterocycles. The lowest BCUT2D eigenvalue weighted by Gasteiger charge is -2.25. The van der Waals surface area contributed by atoms with Crippen LogP contribution in [0.15, 0.2) is 89.7 Å². The highest BCUT2D eigenvalue weighted by Crippen LogP contribution is 2.24. The van der Waals surface area contributed by atoms with Crippen LogP contribution in [0, 0.1) is 0 Å². The van der Waals surface area contributed by atoms with Crippen LogP contribution in [-0.2, 0) is 0 Å². The van der Waals surface area contributed by atoms with Crippen molar-refractivity contribution in [2.75, 3.05) is 12.4 Å². The van der Waals surface area contributed by atoms with Crippen molar-refractivity contribution in [3.8, 4) is 0 Å². The van der Waals surface area contributed by atoms with Crippen molar-refractivity contribution in [3.63, 3.8) is 0 Å². The van der Waals surface area contributed by atoms with E-state index in [1.54, 1.807) is 48.3 Å². The summed E-state index contributed by atoms with van der Waals surface area (Å²) in [6.07, 6.45) is 0. The molecule has 2 amide bonds. The molecule has 1 heterocycles. The molecule has 0 saturated heterocycles. The summed E-state index contributed by atoms with van der Waals surface area (Å²) >= 11 is 0. The van der Waals surface area contributed by atoms with Crippen LogP contribution < -0.4 is 10.9 Å². The Labute approximate surface area is 185 Å². The molecule has 4 rings (SSSR count). The normalized spacial score (nSPS) is 11.7. The summed E-state index contributed by atoms with van der Waals surface area (Å²) in [6, 6.07) is 24.9. The van der Waals surface area contributed by atoms with E-state index >= 15 is 0 Å². The van der Waals surface area contributed by atoms with Crippen LogP contribution in [0.1, 0.15) is 39.4 Å². The van der Waals surface area contributed by atoms with Crippen molar-refractivity contribution >= 4 is 28.3 Å². The van der Waals surface area contributed by atoms with E-state index in [1.165, 1.54) is 0 Å². The van der Waals surface area contributed by atoms with E-state index in [0.717, 1.165) is 5.56 Å². The zero-order valence-electron chi connectivity index (χ0n) is 17.8. The Balaban J connectivity index is 1.54. The monoisotopic (exact) mass is 425 g/mol. The molecule has 1 unspecified atom stereocenters. The minimum absolute atomic E-state index is 0.200. The van der Waals surface area contributed by atoms with Crippen LogP contribution in [0.5, 0.6) is 0 Å². The quantitative estimate of drug-likeness (QED) is 0.490. The second kappa shape index (κ2) is 8.89. The second-order valence-corrected chi connectivity index (χ2v) is 7.64. The number of hydrogen-bond donors (Lipinski definition) is 2. The molecule has 0 bridgehead atoms. The second-order valence-electron chi connectivity index (χ2n) is 7.64. The standard InChI is InChI=1S/C26H23N3O3/c1-17(19-12-8-13-21(15-19)27-24(30)18-9-4-3-5-10-18)29(2)26(32)23-16-20-11-6-7-14-22(20)25(31)28-23/h3-17H,1-2H3,(H,27,30)(H,28,31). The van der Waals surface area contributed by atoms with Crippen molar-refractivity contribution < 1.29 is 9.59 Å². The number of aromatic nitrogens is 1. The van der Waals surface area contributed by atoms with Gasteiger partial charge in [0.05, 0.1) is 6.04 Å². The van der Waals surface area contributed by atoms with E-state index in [-0.39, 0.29) is 29.1 Å². The summed E-state index contributed by atoms with van der Waals surface area (Å²) in [7, 11) is 1.69. The van der Waals surface area contributed by atoms with Gasteiger partial charge in [0.15, 0.2) is 0 Å². The van der Waals surface area contributed by atoms with E-state index in [1.807, 2.05) is 55.5 Å². The fourth-order valence-electron chi connectivity index (χ4n) is 3.58. The van der Waals surface area contributed by atoms with Crippen molar-refractivity contribution in [1.29, 1.82) is 0 Å². The minimum Gasteiger partial charge on any atom is -0.334 e. The number of nitrogens with one attached hydrogen (secondary N) is 2. The third-order valence-electron chi connectivity index (χ3n) is 5.55. The molecule has 0 spiro atoms. The number of rotatable bonds is 5.